The van der Waals surface area contributed by atoms with Gasteiger partial charge in [0.25, 0.3) is 5.91 Å². The van der Waals surface area contributed by atoms with Gasteiger partial charge in [-0.25, -0.2) is 4.98 Å². The van der Waals surface area contributed by atoms with Crippen molar-refractivity contribution >= 4 is 28.9 Å². The average Bonchev–Trinajstić information content (AvgIpc) is 3.63. The van der Waals surface area contributed by atoms with Crippen molar-refractivity contribution in [2.45, 2.75) is 25.4 Å². The fourth-order valence-corrected chi connectivity index (χ4v) is 3.95. The number of fused-ring (bicyclic) bond motifs is 2. The average molecular weight is 399 g/mol. The molecule has 1 amide bonds. The number of carbonyl (C=O) groups is 2. The van der Waals surface area contributed by atoms with Crippen LogP contribution < -0.4 is 9.80 Å². The summed E-state index contributed by atoms with van der Waals surface area (Å²) in [6.07, 6.45) is 3.90. The standard InChI is InChI=1S/C24H21N3O3/c28-15-22(29)17-9-7-16(8-10-17)14-26-20-5-1-2-6-21(20)27(18-11-12-18)23-19(24(26)30)4-3-13-25-23/h1-10,13,18,28H,11-12,14-15H2. The van der Waals surface area contributed by atoms with Crippen LogP contribution in [0.25, 0.3) is 0 Å². The lowest BCUT2D eigenvalue weighted by Crippen LogP contribution is -2.29. The molecule has 1 saturated carbocycles. The zero-order chi connectivity index (χ0) is 20.7. The van der Waals surface area contributed by atoms with E-state index in [-0.39, 0.29) is 11.7 Å². The van der Waals surface area contributed by atoms with E-state index >= 15 is 0 Å². The Balaban J connectivity index is 1.58. The minimum Gasteiger partial charge on any atom is -0.388 e. The lowest BCUT2D eigenvalue weighted by Gasteiger charge is -2.26. The van der Waals surface area contributed by atoms with Gasteiger partial charge in [-0.2, -0.15) is 0 Å². The summed E-state index contributed by atoms with van der Waals surface area (Å²) in [5.74, 6) is 0.297. The summed E-state index contributed by atoms with van der Waals surface area (Å²) in [5, 5.41) is 9.05. The van der Waals surface area contributed by atoms with E-state index in [1.807, 2.05) is 42.5 Å². The molecule has 0 unspecified atom stereocenters. The summed E-state index contributed by atoms with van der Waals surface area (Å²) in [4.78, 5) is 33.8. The van der Waals surface area contributed by atoms with E-state index in [0.717, 1.165) is 29.8 Å². The molecular formula is C24H21N3O3. The van der Waals surface area contributed by atoms with Crippen molar-refractivity contribution in [1.82, 2.24) is 4.98 Å². The highest BCUT2D eigenvalue weighted by Crippen LogP contribution is 2.45. The zero-order valence-corrected chi connectivity index (χ0v) is 16.4. The van der Waals surface area contributed by atoms with Crippen molar-refractivity contribution in [3.8, 4) is 0 Å². The molecule has 6 heteroatoms. The van der Waals surface area contributed by atoms with Crippen molar-refractivity contribution in [1.29, 1.82) is 0 Å². The van der Waals surface area contributed by atoms with E-state index in [1.54, 1.807) is 29.3 Å². The maximum Gasteiger partial charge on any atom is 0.262 e. The molecule has 3 aromatic rings. The van der Waals surface area contributed by atoms with Crippen molar-refractivity contribution in [2.75, 3.05) is 16.4 Å². The lowest BCUT2D eigenvalue weighted by atomic mass is 10.1. The Labute approximate surface area is 174 Å². The van der Waals surface area contributed by atoms with Crippen LogP contribution in [-0.2, 0) is 6.54 Å². The van der Waals surface area contributed by atoms with Crippen LogP contribution in [0.2, 0.25) is 0 Å². The summed E-state index contributed by atoms with van der Waals surface area (Å²) in [5.41, 5.74) is 3.78. The van der Waals surface area contributed by atoms with E-state index in [0.29, 0.717) is 29.5 Å². The van der Waals surface area contributed by atoms with Crippen LogP contribution in [0, 0.1) is 0 Å². The molecule has 0 radical (unpaired) electrons. The molecule has 2 aromatic carbocycles. The number of ketones is 1. The third-order valence-corrected chi connectivity index (χ3v) is 5.59. The second kappa shape index (κ2) is 7.39. The number of carbonyl (C=O) groups excluding carboxylic acids is 2. The third kappa shape index (κ3) is 3.15. The van der Waals surface area contributed by atoms with E-state index in [2.05, 4.69) is 9.88 Å². The number of pyridine rings is 1. The van der Waals surface area contributed by atoms with Crippen LogP contribution in [0.4, 0.5) is 17.2 Å². The maximum absolute atomic E-state index is 13.6. The Morgan fingerprint density at radius 3 is 2.43 bits per heavy atom. The van der Waals surface area contributed by atoms with Gasteiger partial charge in [-0.1, -0.05) is 36.4 Å². The van der Waals surface area contributed by atoms with Crippen LogP contribution in [0.1, 0.15) is 39.1 Å². The highest BCUT2D eigenvalue weighted by Gasteiger charge is 2.38. The van der Waals surface area contributed by atoms with Crippen molar-refractivity contribution < 1.29 is 14.7 Å². The number of Topliss-reactive ketones (excluding diaryl/α,β-unsaturated/α-hetero) is 1. The predicted molar refractivity (Wildman–Crippen MR) is 114 cm³/mol. The smallest absolute Gasteiger partial charge is 0.262 e. The molecule has 1 aromatic heterocycles. The molecule has 2 heterocycles. The summed E-state index contributed by atoms with van der Waals surface area (Å²) < 4.78 is 0. The zero-order valence-electron chi connectivity index (χ0n) is 16.4. The predicted octanol–water partition coefficient (Wildman–Crippen LogP) is 3.72. The fourth-order valence-electron chi connectivity index (χ4n) is 3.95. The van der Waals surface area contributed by atoms with Gasteiger partial charge >= 0.3 is 0 Å². The number of amides is 1. The number of hydrogen-bond acceptors (Lipinski definition) is 5. The van der Waals surface area contributed by atoms with Gasteiger partial charge in [0.2, 0.25) is 0 Å². The minimum absolute atomic E-state index is 0.0933. The molecule has 150 valence electrons. The number of aromatic nitrogens is 1. The number of hydrogen-bond donors (Lipinski definition) is 1. The van der Waals surface area contributed by atoms with Crippen molar-refractivity contribution in [3.63, 3.8) is 0 Å². The number of benzene rings is 2. The summed E-state index contributed by atoms with van der Waals surface area (Å²) in [6.45, 7) is -0.144. The number of aliphatic hydroxyl groups excluding tert-OH is 1. The first kappa shape index (κ1) is 18.5. The Hall–Kier alpha value is -3.51. The van der Waals surface area contributed by atoms with Crippen LogP contribution in [0.3, 0.4) is 0 Å². The number of anilines is 3. The lowest BCUT2D eigenvalue weighted by molar-refractivity contribution is 0.0903. The van der Waals surface area contributed by atoms with Gasteiger partial charge in [0, 0.05) is 17.8 Å². The molecule has 1 N–H and O–H groups in total. The first-order chi connectivity index (χ1) is 14.7. The van der Waals surface area contributed by atoms with E-state index in [1.165, 1.54) is 0 Å². The van der Waals surface area contributed by atoms with Gasteiger partial charge in [0.1, 0.15) is 12.4 Å². The second-order valence-electron chi connectivity index (χ2n) is 7.63. The second-order valence-corrected chi connectivity index (χ2v) is 7.63. The van der Waals surface area contributed by atoms with Crippen LogP contribution >= 0.6 is 0 Å². The molecule has 30 heavy (non-hydrogen) atoms. The maximum atomic E-state index is 13.6. The van der Waals surface area contributed by atoms with Crippen LogP contribution in [0.15, 0.2) is 66.9 Å². The SMILES string of the molecule is O=C(CO)c1ccc(CN2C(=O)c3cccnc3N(C3CC3)c3ccccc32)cc1. The van der Waals surface area contributed by atoms with Gasteiger partial charge in [-0.3, -0.25) is 9.59 Å². The van der Waals surface area contributed by atoms with Gasteiger partial charge in [-0.05, 0) is 42.7 Å². The Kier molecular flexibility index (Phi) is 4.56. The number of para-hydroxylation sites is 2. The van der Waals surface area contributed by atoms with E-state index in [9.17, 15) is 9.59 Å². The molecule has 1 aliphatic carbocycles. The quantitative estimate of drug-likeness (QED) is 0.662. The highest BCUT2D eigenvalue weighted by atomic mass is 16.3. The first-order valence-electron chi connectivity index (χ1n) is 10.1. The topological polar surface area (TPSA) is 73.7 Å². The summed E-state index contributed by atoms with van der Waals surface area (Å²) >= 11 is 0. The van der Waals surface area contributed by atoms with Gasteiger partial charge in [0.05, 0.1) is 23.5 Å². The number of rotatable bonds is 5. The number of nitrogens with zero attached hydrogens (tertiary/aromatic N) is 3. The van der Waals surface area contributed by atoms with E-state index < -0.39 is 6.61 Å². The molecule has 0 bridgehead atoms. The van der Waals surface area contributed by atoms with Crippen LogP contribution in [-0.4, -0.2) is 34.4 Å². The molecule has 0 atom stereocenters. The minimum atomic E-state index is -0.516. The Bertz CT molecular complexity index is 1120. The molecular weight excluding hydrogens is 378 g/mol. The third-order valence-electron chi connectivity index (χ3n) is 5.59. The van der Waals surface area contributed by atoms with Gasteiger partial charge in [-0.15, -0.1) is 0 Å². The molecule has 1 aliphatic heterocycles. The number of aliphatic hydroxyl groups is 1. The molecule has 6 nitrogen and oxygen atoms in total. The normalized spacial score (nSPS) is 15.4. The van der Waals surface area contributed by atoms with Crippen molar-refractivity contribution in [3.05, 3.63) is 83.6 Å². The van der Waals surface area contributed by atoms with E-state index in [4.69, 9.17) is 5.11 Å². The first-order valence-corrected chi connectivity index (χ1v) is 10.1. The largest absolute Gasteiger partial charge is 0.388 e. The molecule has 5 rings (SSSR count). The summed E-state index contributed by atoms with van der Waals surface area (Å²) in [6, 6.07) is 19.0. The highest BCUT2D eigenvalue weighted by molar-refractivity contribution is 6.13. The fraction of sp³-hybridized carbons (Fsp3) is 0.208. The Morgan fingerprint density at radius 1 is 1.00 bits per heavy atom. The van der Waals surface area contributed by atoms with Crippen LogP contribution in [0.5, 0.6) is 0 Å². The Morgan fingerprint density at radius 2 is 1.73 bits per heavy atom. The summed E-state index contributed by atoms with van der Waals surface area (Å²) in [7, 11) is 0. The molecule has 0 saturated heterocycles. The molecule has 2 aliphatic rings. The van der Waals surface area contributed by atoms with Gasteiger partial charge in [0.15, 0.2) is 5.78 Å². The van der Waals surface area contributed by atoms with Crippen molar-refractivity contribution in [2.24, 2.45) is 0 Å². The molecule has 1 fully saturated rings. The molecule has 0 spiro atoms. The van der Waals surface area contributed by atoms with Gasteiger partial charge < -0.3 is 14.9 Å². The monoisotopic (exact) mass is 399 g/mol.